The summed E-state index contributed by atoms with van der Waals surface area (Å²) in [6.45, 7) is 3.89. The summed E-state index contributed by atoms with van der Waals surface area (Å²) in [6, 6.07) is 20.6. The molecule has 0 bridgehead atoms. The molecule has 0 spiro atoms. The third-order valence-electron chi connectivity index (χ3n) is 3.41. The van der Waals surface area contributed by atoms with Crippen LogP contribution in [0.3, 0.4) is 0 Å². The van der Waals surface area contributed by atoms with Crippen LogP contribution in [-0.4, -0.2) is 6.21 Å². The molecule has 1 aromatic heterocycles. The Kier molecular flexibility index (Phi) is 3.69. The Morgan fingerprint density at radius 3 is 2.14 bits per heavy atom. The summed E-state index contributed by atoms with van der Waals surface area (Å²) in [5.74, 6) is 1.81. The Bertz CT molecular complexity index is 752. The van der Waals surface area contributed by atoms with Gasteiger partial charge < -0.3 is 4.42 Å². The van der Waals surface area contributed by atoms with Crippen LogP contribution in [0.2, 0.25) is 0 Å². The fourth-order valence-electron chi connectivity index (χ4n) is 2.29. The van der Waals surface area contributed by atoms with Gasteiger partial charge in [0, 0.05) is 11.8 Å². The van der Waals surface area contributed by atoms with Gasteiger partial charge in [0.25, 0.3) is 0 Å². The van der Waals surface area contributed by atoms with Gasteiger partial charge in [-0.15, -0.1) is 0 Å². The second-order valence-electron chi connectivity index (χ2n) is 5.04. The maximum atomic E-state index is 5.49. The van der Waals surface area contributed by atoms with E-state index in [1.807, 2.05) is 56.5 Å². The van der Waals surface area contributed by atoms with Gasteiger partial charge in [-0.25, -0.2) is 0 Å². The van der Waals surface area contributed by atoms with E-state index in [0.717, 1.165) is 22.8 Å². The third kappa shape index (κ3) is 3.11. The van der Waals surface area contributed by atoms with Gasteiger partial charge in [-0.3, -0.25) is 4.99 Å². The molecule has 0 amide bonds. The minimum absolute atomic E-state index is 0.900. The fourth-order valence-corrected chi connectivity index (χ4v) is 2.29. The monoisotopic (exact) mass is 275 g/mol. The van der Waals surface area contributed by atoms with Crippen LogP contribution in [0.15, 0.2) is 70.1 Å². The van der Waals surface area contributed by atoms with Gasteiger partial charge in [-0.05, 0) is 43.2 Å². The molecule has 0 unspecified atom stereocenters. The first-order valence-corrected chi connectivity index (χ1v) is 6.99. The third-order valence-corrected chi connectivity index (χ3v) is 3.41. The largest absolute Gasteiger partial charge is 0.466 e. The Morgan fingerprint density at radius 2 is 1.52 bits per heavy atom. The molecule has 3 aromatic rings. The number of hydrogen-bond acceptors (Lipinski definition) is 2. The van der Waals surface area contributed by atoms with Crippen LogP contribution in [0.5, 0.6) is 0 Å². The van der Waals surface area contributed by atoms with Gasteiger partial charge in [-0.1, -0.05) is 42.5 Å². The molecule has 2 nitrogen and oxygen atoms in total. The fraction of sp³-hybridized carbons (Fsp3) is 0.105. The normalized spacial score (nSPS) is 11.1. The second-order valence-corrected chi connectivity index (χ2v) is 5.04. The Balaban J connectivity index is 1.80. The maximum Gasteiger partial charge on any atom is 0.109 e. The summed E-state index contributed by atoms with van der Waals surface area (Å²) in [5.41, 5.74) is 4.38. The molecule has 0 fully saturated rings. The lowest BCUT2D eigenvalue weighted by atomic mass is 10.1. The molecule has 104 valence electrons. The standard InChI is InChI=1S/C19H17NO/c1-14-12-18(15(2)21-14)13-20-19-10-8-17(9-11-19)16-6-4-3-5-7-16/h3-13H,1-2H3. The molecule has 0 aliphatic rings. The minimum atomic E-state index is 0.900. The molecule has 3 rings (SSSR count). The van der Waals surface area contributed by atoms with Crippen LogP contribution < -0.4 is 0 Å². The van der Waals surface area contributed by atoms with Crippen molar-refractivity contribution in [3.63, 3.8) is 0 Å². The highest BCUT2D eigenvalue weighted by Gasteiger charge is 2.01. The van der Waals surface area contributed by atoms with Crippen LogP contribution in [0.4, 0.5) is 5.69 Å². The molecule has 0 aliphatic carbocycles. The molecule has 21 heavy (non-hydrogen) atoms. The van der Waals surface area contributed by atoms with Crippen molar-refractivity contribution < 1.29 is 4.42 Å². The molecule has 0 saturated carbocycles. The van der Waals surface area contributed by atoms with E-state index >= 15 is 0 Å². The predicted octanol–water partition coefficient (Wildman–Crippen LogP) is 5.31. The van der Waals surface area contributed by atoms with E-state index in [1.54, 1.807) is 0 Å². The quantitative estimate of drug-likeness (QED) is 0.594. The number of hydrogen-bond donors (Lipinski definition) is 0. The Morgan fingerprint density at radius 1 is 0.857 bits per heavy atom. The van der Waals surface area contributed by atoms with E-state index in [4.69, 9.17) is 4.42 Å². The number of aliphatic imine (C=N–C) groups is 1. The number of rotatable bonds is 3. The van der Waals surface area contributed by atoms with Crippen molar-refractivity contribution in [3.05, 3.63) is 77.7 Å². The molecule has 1 heterocycles. The highest BCUT2D eigenvalue weighted by molar-refractivity contribution is 5.83. The van der Waals surface area contributed by atoms with Gasteiger partial charge in [0.1, 0.15) is 11.5 Å². The predicted molar refractivity (Wildman–Crippen MR) is 87.3 cm³/mol. The summed E-state index contributed by atoms with van der Waals surface area (Å²) < 4.78 is 5.49. The highest BCUT2D eigenvalue weighted by atomic mass is 16.3. The zero-order chi connectivity index (χ0) is 14.7. The molecule has 0 atom stereocenters. The minimum Gasteiger partial charge on any atom is -0.466 e. The Hall–Kier alpha value is -2.61. The van der Waals surface area contributed by atoms with Gasteiger partial charge in [0.2, 0.25) is 0 Å². The molecule has 0 saturated heterocycles. The summed E-state index contributed by atoms with van der Waals surface area (Å²) in [5, 5.41) is 0. The summed E-state index contributed by atoms with van der Waals surface area (Å²) >= 11 is 0. The first-order chi connectivity index (χ1) is 10.2. The van der Waals surface area contributed by atoms with Crippen LogP contribution >= 0.6 is 0 Å². The van der Waals surface area contributed by atoms with E-state index in [-0.39, 0.29) is 0 Å². The van der Waals surface area contributed by atoms with E-state index in [1.165, 1.54) is 11.1 Å². The SMILES string of the molecule is Cc1cc(C=Nc2ccc(-c3ccccc3)cc2)c(C)o1. The van der Waals surface area contributed by atoms with Crippen molar-refractivity contribution in [1.82, 2.24) is 0 Å². The molecule has 2 aromatic carbocycles. The number of benzene rings is 2. The molecular formula is C19H17NO. The summed E-state index contributed by atoms with van der Waals surface area (Å²) in [6.07, 6.45) is 1.85. The van der Waals surface area contributed by atoms with Gasteiger partial charge in [0.05, 0.1) is 5.69 Å². The average Bonchev–Trinajstić information content (AvgIpc) is 2.84. The second kappa shape index (κ2) is 5.80. The van der Waals surface area contributed by atoms with E-state index < -0.39 is 0 Å². The summed E-state index contributed by atoms with van der Waals surface area (Å²) in [7, 11) is 0. The Labute approximate surface area is 124 Å². The van der Waals surface area contributed by atoms with E-state index in [2.05, 4.69) is 29.3 Å². The number of nitrogens with zero attached hydrogens (tertiary/aromatic N) is 1. The maximum absolute atomic E-state index is 5.49. The van der Waals surface area contributed by atoms with Crippen molar-refractivity contribution in [2.75, 3.05) is 0 Å². The average molecular weight is 275 g/mol. The van der Waals surface area contributed by atoms with Crippen molar-refractivity contribution in [2.45, 2.75) is 13.8 Å². The van der Waals surface area contributed by atoms with Crippen molar-refractivity contribution in [1.29, 1.82) is 0 Å². The van der Waals surface area contributed by atoms with Gasteiger partial charge in [0.15, 0.2) is 0 Å². The van der Waals surface area contributed by atoms with Crippen LogP contribution in [0, 0.1) is 13.8 Å². The molecular weight excluding hydrogens is 258 g/mol. The zero-order valence-electron chi connectivity index (χ0n) is 12.2. The first kappa shape index (κ1) is 13.4. The molecule has 0 aliphatic heterocycles. The lowest BCUT2D eigenvalue weighted by Crippen LogP contribution is -1.79. The number of furan rings is 1. The van der Waals surface area contributed by atoms with Crippen LogP contribution in [0.1, 0.15) is 17.1 Å². The van der Waals surface area contributed by atoms with Gasteiger partial charge in [-0.2, -0.15) is 0 Å². The number of aryl methyl sites for hydroxylation is 2. The van der Waals surface area contributed by atoms with Crippen molar-refractivity contribution >= 4 is 11.9 Å². The lowest BCUT2D eigenvalue weighted by Gasteiger charge is -2.01. The summed E-state index contributed by atoms with van der Waals surface area (Å²) in [4.78, 5) is 4.50. The lowest BCUT2D eigenvalue weighted by molar-refractivity contribution is 0.504. The van der Waals surface area contributed by atoms with Crippen molar-refractivity contribution in [2.24, 2.45) is 4.99 Å². The first-order valence-electron chi connectivity index (χ1n) is 6.99. The van der Waals surface area contributed by atoms with Crippen LogP contribution in [0.25, 0.3) is 11.1 Å². The van der Waals surface area contributed by atoms with E-state index in [0.29, 0.717) is 0 Å². The molecule has 0 N–H and O–H groups in total. The van der Waals surface area contributed by atoms with E-state index in [9.17, 15) is 0 Å². The smallest absolute Gasteiger partial charge is 0.109 e. The molecule has 0 radical (unpaired) electrons. The molecule has 2 heteroatoms. The zero-order valence-corrected chi connectivity index (χ0v) is 12.2. The van der Waals surface area contributed by atoms with Crippen LogP contribution in [-0.2, 0) is 0 Å². The topological polar surface area (TPSA) is 25.5 Å². The van der Waals surface area contributed by atoms with Gasteiger partial charge >= 0.3 is 0 Å². The van der Waals surface area contributed by atoms with Crippen molar-refractivity contribution in [3.8, 4) is 11.1 Å². The highest BCUT2D eigenvalue weighted by Crippen LogP contribution is 2.22.